The Hall–Kier alpha value is -3.46. The Kier molecular flexibility index (Phi) is 4.70. The first kappa shape index (κ1) is 19.8. The Morgan fingerprint density at radius 2 is 1.83 bits per heavy atom. The number of carbonyl (C=O) groups excluding carboxylic acids is 2. The summed E-state index contributed by atoms with van der Waals surface area (Å²) in [5.41, 5.74) is 1.56. The number of amides is 2. The maximum Gasteiger partial charge on any atom is 0.269 e. The smallest absolute Gasteiger partial charge is 0.269 e. The Bertz CT molecular complexity index is 1260. The minimum Gasteiger partial charge on any atom is -0.441 e. The number of nitrogens with one attached hydrogen (secondary N) is 1. The summed E-state index contributed by atoms with van der Waals surface area (Å²) in [6.45, 7) is 5.00. The lowest BCUT2D eigenvalue weighted by Crippen LogP contribution is -2.36. The van der Waals surface area contributed by atoms with Crippen LogP contribution in [0, 0.1) is 6.92 Å². The third kappa shape index (κ3) is 3.26. The zero-order valence-electron chi connectivity index (χ0n) is 16.5. The van der Waals surface area contributed by atoms with Crippen LogP contribution in [0.1, 0.15) is 40.5 Å². The Labute approximate surface area is 173 Å². The van der Waals surface area contributed by atoms with Crippen molar-refractivity contribution < 1.29 is 22.4 Å². The van der Waals surface area contributed by atoms with Gasteiger partial charge in [0.15, 0.2) is 11.7 Å². The number of benzene rings is 2. The summed E-state index contributed by atoms with van der Waals surface area (Å²) in [6, 6.07) is 10.5. The lowest BCUT2D eigenvalue weighted by molar-refractivity contribution is 0.0846. The van der Waals surface area contributed by atoms with Crippen molar-refractivity contribution in [3.8, 4) is 11.3 Å². The predicted molar refractivity (Wildman–Crippen MR) is 110 cm³/mol. The quantitative estimate of drug-likeness (QED) is 0.686. The van der Waals surface area contributed by atoms with E-state index in [0.29, 0.717) is 17.3 Å². The van der Waals surface area contributed by atoms with Crippen molar-refractivity contribution in [3.05, 3.63) is 65.7 Å². The molecule has 9 heteroatoms. The molecule has 0 saturated heterocycles. The molecule has 0 bridgehead atoms. The number of fused-ring (bicyclic) bond motifs is 1. The summed E-state index contributed by atoms with van der Waals surface area (Å²) in [5, 5.41) is 2.73. The first-order valence-electron chi connectivity index (χ1n) is 9.25. The van der Waals surface area contributed by atoms with Gasteiger partial charge < -0.3 is 9.73 Å². The van der Waals surface area contributed by atoms with Crippen molar-refractivity contribution in [1.29, 1.82) is 0 Å². The number of hydrogen-bond donors (Lipinski definition) is 1. The fourth-order valence-corrected chi connectivity index (χ4v) is 5.11. The molecule has 30 heavy (non-hydrogen) atoms. The second-order valence-corrected chi connectivity index (χ2v) is 8.97. The highest BCUT2D eigenvalue weighted by atomic mass is 32.2. The average Bonchev–Trinajstić information content (AvgIpc) is 3.21. The van der Waals surface area contributed by atoms with Crippen molar-refractivity contribution in [2.24, 2.45) is 0 Å². The lowest BCUT2D eigenvalue weighted by atomic mass is 10.1. The number of sulfonamides is 1. The minimum atomic E-state index is -3.97. The molecule has 0 saturated carbocycles. The van der Waals surface area contributed by atoms with Crippen molar-refractivity contribution in [3.63, 3.8) is 0 Å². The molecule has 1 aromatic heterocycles. The fraction of sp³-hybridized carbons (Fsp3) is 0.190. The molecule has 0 radical (unpaired) electrons. The average molecular weight is 425 g/mol. The zero-order valence-corrected chi connectivity index (χ0v) is 17.4. The number of oxazole rings is 1. The van der Waals surface area contributed by atoms with Gasteiger partial charge >= 0.3 is 0 Å². The first-order valence-corrected chi connectivity index (χ1v) is 10.7. The predicted octanol–water partition coefficient (Wildman–Crippen LogP) is 3.46. The molecule has 3 aromatic rings. The van der Waals surface area contributed by atoms with Crippen LogP contribution in [0.2, 0.25) is 0 Å². The molecule has 0 aliphatic carbocycles. The van der Waals surface area contributed by atoms with Gasteiger partial charge in [0, 0.05) is 29.8 Å². The van der Waals surface area contributed by atoms with Crippen LogP contribution in [0.5, 0.6) is 0 Å². The molecule has 1 aliphatic heterocycles. The molecule has 2 amide bonds. The number of hydrogen-bond acceptors (Lipinski definition) is 6. The summed E-state index contributed by atoms with van der Waals surface area (Å²) in [6.07, 6.45) is 1.62. The SMILES string of the molecule is Cc1ncc(-c2ccc(NC(=O)c3ccc4c(c3)S(=O)(=O)N(C(C)C)C4=O)cc2)o1. The van der Waals surface area contributed by atoms with Crippen LogP contribution in [0.15, 0.2) is 58.0 Å². The van der Waals surface area contributed by atoms with Gasteiger partial charge in [-0.2, -0.15) is 0 Å². The molecule has 0 atom stereocenters. The minimum absolute atomic E-state index is 0.0759. The highest BCUT2D eigenvalue weighted by molar-refractivity contribution is 7.90. The van der Waals surface area contributed by atoms with Gasteiger partial charge in [-0.25, -0.2) is 17.7 Å². The van der Waals surface area contributed by atoms with Crippen LogP contribution < -0.4 is 5.32 Å². The van der Waals surface area contributed by atoms with E-state index in [0.717, 1.165) is 9.87 Å². The Morgan fingerprint density at radius 1 is 1.13 bits per heavy atom. The Morgan fingerprint density at radius 3 is 2.43 bits per heavy atom. The summed E-state index contributed by atoms with van der Waals surface area (Å²) < 4.78 is 31.7. The number of rotatable bonds is 4. The standard InChI is InChI=1S/C21H19N3O5S/c1-12(2)24-21(26)17-9-6-15(10-19(17)30(24,27)28)20(25)23-16-7-4-14(5-8-16)18-11-22-13(3)29-18/h4-12H,1-3H3,(H,23,25). The van der Waals surface area contributed by atoms with Gasteiger partial charge in [0.05, 0.1) is 11.8 Å². The third-order valence-corrected chi connectivity index (χ3v) is 6.73. The second kappa shape index (κ2) is 7.10. The molecule has 2 aromatic carbocycles. The van der Waals surface area contributed by atoms with Gasteiger partial charge in [0.25, 0.3) is 21.8 Å². The summed E-state index contributed by atoms with van der Waals surface area (Å²) >= 11 is 0. The van der Waals surface area contributed by atoms with E-state index in [1.165, 1.54) is 18.2 Å². The summed E-state index contributed by atoms with van der Waals surface area (Å²) in [5.74, 6) is 0.119. The van der Waals surface area contributed by atoms with E-state index in [1.807, 2.05) is 0 Å². The molecule has 8 nitrogen and oxygen atoms in total. The van der Waals surface area contributed by atoms with Gasteiger partial charge in [-0.3, -0.25) is 9.59 Å². The number of carbonyl (C=O) groups is 2. The second-order valence-electron chi connectivity index (χ2n) is 7.19. The summed E-state index contributed by atoms with van der Waals surface area (Å²) in [4.78, 5) is 29.0. The maximum absolute atomic E-state index is 12.7. The van der Waals surface area contributed by atoms with Crippen molar-refractivity contribution in [1.82, 2.24) is 9.29 Å². The molecular weight excluding hydrogens is 406 g/mol. The normalized spacial score (nSPS) is 14.8. The molecule has 0 unspecified atom stereocenters. The number of nitrogens with zero attached hydrogens (tertiary/aromatic N) is 2. The van der Waals surface area contributed by atoms with E-state index in [9.17, 15) is 18.0 Å². The van der Waals surface area contributed by atoms with E-state index in [1.54, 1.807) is 51.2 Å². The highest BCUT2D eigenvalue weighted by Gasteiger charge is 2.42. The van der Waals surface area contributed by atoms with Crippen LogP contribution in [0.4, 0.5) is 5.69 Å². The van der Waals surface area contributed by atoms with Crippen LogP contribution >= 0.6 is 0 Å². The largest absolute Gasteiger partial charge is 0.441 e. The Balaban J connectivity index is 1.57. The monoisotopic (exact) mass is 425 g/mol. The number of anilines is 1. The van der Waals surface area contributed by atoms with Crippen LogP contribution in [0.3, 0.4) is 0 Å². The van der Waals surface area contributed by atoms with Gasteiger partial charge in [-0.15, -0.1) is 0 Å². The van der Waals surface area contributed by atoms with Crippen molar-refractivity contribution in [2.45, 2.75) is 31.7 Å². The molecule has 4 rings (SSSR count). The van der Waals surface area contributed by atoms with Gasteiger partial charge in [0.1, 0.15) is 4.90 Å². The highest BCUT2D eigenvalue weighted by Crippen LogP contribution is 2.32. The van der Waals surface area contributed by atoms with Crippen molar-refractivity contribution >= 4 is 27.5 Å². The van der Waals surface area contributed by atoms with E-state index >= 15 is 0 Å². The zero-order chi connectivity index (χ0) is 21.6. The molecular formula is C21H19N3O5S. The fourth-order valence-electron chi connectivity index (χ4n) is 3.32. The third-order valence-electron chi connectivity index (χ3n) is 4.73. The molecule has 0 fully saturated rings. The number of aryl methyl sites for hydroxylation is 1. The van der Waals surface area contributed by atoms with Crippen LogP contribution in [-0.4, -0.2) is 35.6 Å². The maximum atomic E-state index is 12.7. The topological polar surface area (TPSA) is 110 Å². The van der Waals surface area contributed by atoms with Crippen LogP contribution in [0.25, 0.3) is 11.3 Å². The summed E-state index contributed by atoms with van der Waals surface area (Å²) in [7, 11) is -3.97. The van der Waals surface area contributed by atoms with Crippen LogP contribution in [-0.2, 0) is 10.0 Å². The van der Waals surface area contributed by atoms with Gasteiger partial charge in [0.2, 0.25) is 0 Å². The van der Waals surface area contributed by atoms with Crippen molar-refractivity contribution in [2.75, 3.05) is 5.32 Å². The van der Waals surface area contributed by atoms with Gasteiger partial charge in [-0.05, 0) is 56.3 Å². The molecule has 154 valence electrons. The van der Waals surface area contributed by atoms with E-state index < -0.39 is 27.9 Å². The molecule has 1 aliphatic rings. The first-order chi connectivity index (χ1) is 14.2. The van der Waals surface area contributed by atoms with Gasteiger partial charge in [-0.1, -0.05) is 0 Å². The van der Waals surface area contributed by atoms with E-state index in [-0.39, 0.29) is 16.0 Å². The molecule has 1 N–H and O–H groups in total. The molecule has 0 spiro atoms. The van der Waals surface area contributed by atoms with E-state index in [2.05, 4.69) is 10.3 Å². The van der Waals surface area contributed by atoms with E-state index in [4.69, 9.17) is 4.42 Å². The number of aromatic nitrogens is 1. The lowest BCUT2D eigenvalue weighted by Gasteiger charge is -2.18. The molecule has 2 heterocycles.